The Morgan fingerprint density at radius 1 is 1.17 bits per heavy atom. The fourth-order valence-corrected chi connectivity index (χ4v) is 2.04. The summed E-state index contributed by atoms with van der Waals surface area (Å²) in [4.78, 5) is 7.59. The van der Waals surface area contributed by atoms with E-state index in [0.717, 1.165) is 10.9 Å². The van der Waals surface area contributed by atoms with Gasteiger partial charge in [0.25, 0.3) is 5.95 Å². The van der Waals surface area contributed by atoms with Crippen LogP contribution in [0.3, 0.4) is 0 Å². The van der Waals surface area contributed by atoms with Crippen molar-refractivity contribution in [1.82, 2.24) is 29.5 Å². The zero-order valence-corrected chi connectivity index (χ0v) is 11.6. The zero-order chi connectivity index (χ0) is 16.8. The molecule has 3 aromatic heterocycles. The molecule has 0 bridgehead atoms. The van der Waals surface area contributed by atoms with Gasteiger partial charge in [-0.3, -0.25) is 0 Å². The van der Waals surface area contributed by atoms with Crippen LogP contribution < -0.4 is 5.73 Å². The Kier molecular flexibility index (Phi) is 3.27. The topological polar surface area (TPSA) is 87.4 Å². The van der Waals surface area contributed by atoms with Gasteiger partial charge in [0, 0.05) is 19.4 Å². The van der Waals surface area contributed by atoms with E-state index in [1.54, 1.807) is 0 Å². The van der Waals surface area contributed by atoms with E-state index < -0.39 is 34.8 Å². The summed E-state index contributed by atoms with van der Waals surface area (Å²) in [5.74, 6) is -1.56. The van der Waals surface area contributed by atoms with Crippen molar-refractivity contribution in [2.24, 2.45) is 7.05 Å². The van der Waals surface area contributed by atoms with Crippen LogP contribution in [-0.2, 0) is 13.2 Å². The summed E-state index contributed by atoms with van der Waals surface area (Å²) in [6.07, 6.45) is -1.25. The van der Waals surface area contributed by atoms with E-state index in [2.05, 4.69) is 20.2 Å². The number of aromatic nitrogens is 6. The molecule has 3 heterocycles. The molecule has 3 aromatic rings. The van der Waals surface area contributed by atoms with E-state index in [1.165, 1.54) is 25.5 Å². The van der Waals surface area contributed by atoms with Gasteiger partial charge in [0.2, 0.25) is 5.95 Å². The second-order valence-electron chi connectivity index (χ2n) is 4.54. The molecular weight excluding hydrogens is 318 g/mol. The summed E-state index contributed by atoms with van der Waals surface area (Å²) >= 11 is 0. The Morgan fingerprint density at radius 2 is 1.83 bits per heavy atom. The molecule has 0 aliphatic rings. The maximum absolute atomic E-state index is 14.0. The van der Waals surface area contributed by atoms with Crippen LogP contribution in [-0.4, -0.2) is 29.5 Å². The van der Waals surface area contributed by atoms with Crippen molar-refractivity contribution < 1.29 is 17.6 Å². The van der Waals surface area contributed by atoms with Gasteiger partial charge in [0.05, 0.1) is 17.3 Å². The number of alkyl halides is 3. The Hall–Kier alpha value is -2.98. The fraction of sp³-hybridized carbons (Fsp3) is 0.167. The van der Waals surface area contributed by atoms with Crippen LogP contribution in [0.2, 0.25) is 0 Å². The quantitative estimate of drug-likeness (QED) is 0.725. The normalized spacial score (nSPS) is 11.9. The highest BCUT2D eigenvalue weighted by atomic mass is 19.4. The zero-order valence-electron chi connectivity index (χ0n) is 11.6. The van der Waals surface area contributed by atoms with Crippen molar-refractivity contribution in [3.63, 3.8) is 0 Å². The number of anilines is 1. The number of nitrogens with two attached hydrogens (primary N) is 1. The van der Waals surface area contributed by atoms with E-state index >= 15 is 0 Å². The summed E-state index contributed by atoms with van der Waals surface area (Å²) in [5, 5.41) is 7.01. The standard InChI is InChI=1S/C12H9F4N7/c1-22-9(13)6(5-20-22)7-8(12(14,15)16)21-23(10(7)17)11-18-3-2-4-19-11/h2-5H,17H2,1H3. The molecule has 0 radical (unpaired) electrons. The van der Waals surface area contributed by atoms with E-state index in [4.69, 9.17) is 5.73 Å². The lowest BCUT2D eigenvalue weighted by Crippen LogP contribution is -2.09. The molecular formula is C12H9F4N7. The molecule has 120 valence electrons. The van der Waals surface area contributed by atoms with Crippen LogP contribution >= 0.6 is 0 Å². The Balaban J connectivity index is 2.30. The lowest BCUT2D eigenvalue weighted by atomic mass is 10.1. The third-order valence-electron chi connectivity index (χ3n) is 3.07. The Labute approximate surface area is 126 Å². The molecule has 0 amide bonds. The Bertz CT molecular complexity index is 850. The summed E-state index contributed by atoms with van der Waals surface area (Å²) in [6.45, 7) is 0. The number of aryl methyl sites for hydroxylation is 1. The summed E-state index contributed by atoms with van der Waals surface area (Å²) in [7, 11) is 1.26. The first kappa shape index (κ1) is 14.9. The van der Waals surface area contributed by atoms with Crippen LogP contribution in [0.4, 0.5) is 23.4 Å². The molecule has 0 aliphatic heterocycles. The van der Waals surface area contributed by atoms with Crippen molar-refractivity contribution >= 4 is 5.82 Å². The maximum atomic E-state index is 14.0. The van der Waals surface area contributed by atoms with Crippen LogP contribution in [0, 0.1) is 5.95 Å². The third kappa shape index (κ3) is 2.39. The average Bonchev–Trinajstić information content (AvgIpc) is 3.01. The van der Waals surface area contributed by atoms with Crippen LogP contribution in [0.15, 0.2) is 24.7 Å². The van der Waals surface area contributed by atoms with Gasteiger partial charge in [-0.05, 0) is 6.07 Å². The summed E-state index contributed by atoms with van der Waals surface area (Å²) < 4.78 is 55.3. The van der Waals surface area contributed by atoms with Crippen molar-refractivity contribution in [2.75, 3.05) is 5.73 Å². The number of hydrogen-bond donors (Lipinski definition) is 1. The van der Waals surface area contributed by atoms with Gasteiger partial charge >= 0.3 is 6.18 Å². The SMILES string of the molecule is Cn1ncc(-c2c(C(F)(F)F)nn(-c3ncccn3)c2N)c1F. The maximum Gasteiger partial charge on any atom is 0.435 e. The smallest absolute Gasteiger partial charge is 0.383 e. The first-order chi connectivity index (χ1) is 10.8. The summed E-state index contributed by atoms with van der Waals surface area (Å²) in [6, 6.07) is 1.48. The largest absolute Gasteiger partial charge is 0.435 e. The van der Waals surface area contributed by atoms with Crippen molar-refractivity contribution in [1.29, 1.82) is 0 Å². The molecule has 23 heavy (non-hydrogen) atoms. The minimum absolute atomic E-state index is 0.161. The fourth-order valence-electron chi connectivity index (χ4n) is 2.04. The van der Waals surface area contributed by atoms with Gasteiger partial charge in [0.1, 0.15) is 5.82 Å². The van der Waals surface area contributed by atoms with Crippen molar-refractivity contribution in [3.8, 4) is 17.1 Å². The predicted octanol–water partition coefficient (Wildman–Crippen LogP) is 1.80. The van der Waals surface area contributed by atoms with Gasteiger partial charge in [-0.25, -0.2) is 14.6 Å². The molecule has 0 saturated heterocycles. The monoisotopic (exact) mass is 327 g/mol. The number of halogens is 4. The molecule has 0 spiro atoms. The van der Waals surface area contributed by atoms with Crippen LogP contribution in [0.5, 0.6) is 0 Å². The second-order valence-corrected chi connectivity index (χ2v) is 4.54. The molecule has 2 N–H and O–H groups in total. The van der Waals surface area contributed by atoms with Crippen molar-refractivity contribution in [3.05, 3.63) is 36.3 Å². The van der Waals surface area contributed by atoms with Crippen LogP contribution in [0.1, 0.15) is 5.69 Å². The minimum Gasteiger partial charge on any atom is -0.383 e. The predicted molar refractivity (Wildman–Crippen MR) is 70.7 cm³/mol. The number of hydrogen-bond acceptors (Lipinski definition) is 5. The molecule has 3 rings (SSSR count). The van der Waals surface area contributed by atoms with E-state index in [1.807, 2.05) is 0 Å². The number of nitrogen functional groups attached to an aromatic ring is 1. The van der Waals surface area contributed by atoms with Crippen LogP contribution in [0.25, 0.3) is 17.1 Å². The molecule has 0 unspecified atom stereocenters. The average molecular weight is 327 g/mol. The molecule has 0 atom stereocenters. The lowest BCUT2D eigenvalue weighted by molar-refractivity contribution is -0.140. The number of nitrogens with zero attached hydrogens (tertiary/aromatic N) is 6. The first-order valence-corrected chi connectivity index (χ1v) is 6.21. The Morgan fingerprint density at radius 3 is 2.35 bits per heavy atom. The third-order valence-corrected chi connectivity index (χ3v) is 3.07. The molecule has 11 heteroatoms. The highest BCUT2D eigenvalue weighted by Gasteiger charge is 2.41. The van der Waals surface area contributed by atoms with Gasteiger partial charge in [-0.15, -0.1) is 0 Å². The van der Waals surface area contributed by atoms with E-state index in [-0.39, 0.29) is 5.95 Å². The van der Waals surface area contributed by atoms with Gasteiger partial charge in [-0.1, -0.05) is 0 Å². The highest BCUT2D eigenvalue weighted by molar-refractivity contribution is 5.77. The van der Waals surface area contributed by atoms with Gasteiger partial charge < -0.3 is 5.73 Å². The van der Waals surface area contributed by atoms with Crippen molar-refractivity contribution in [2.45, 2.75) is 6.18 Å². The minimum atomic E-state index is -4.84. The van der Waals surface area contributed by atoms with Gasteiger partial charge in [0.15, 0.2) is 5.69 Å². The molecule has 0 saturated carbocycles. The molecule has 0 fully saturated rings. The lowest BCUT2D eigenvalue weighted by Gasteiger charge is -2.05. The highest BCUT2D eigenvalue weighted by Crippen LogP contribution is 2.40. The first-order valence-electron chi connectivity index (χ1n) is 6.21. The summed E-state index contributed by atoms with van der Waals surface area (Å²) in [5.41, 5.74) is 3.42. The second kappa shape index (κ2) is 5.04. The molecule has 0 aliphatic carbocycles. The van der Waals surface area contributed by atoms with E-state index in [0.29, 0.717) is 4.68 Å². The van der Waals surface area contributed by atoms with Gasteiger partial charge in [-0.2, -0.15) is 32.4 Å². The number of rotatable bonds is 2. The molecule has 7 nitrogen and oxygen atoms in total. The molecule has 0 aromatic carbocycles. The van der Waals surface area contributed by atoms with E-state index in [9.17, 15) is 17.6 Å².